The first-order valence-corrected chi connectivity index (χ1v) is 13.2. The number of methoxy groups -OCH3 is 1. The third kappa shape index (κ3) is 4.87. The SMILES string of the molecule is COc1cc(C(=O)NCC(C=O)(c2cc3c(c(-c4ccc(F)cc4)n2)OC[C@]3(C)C(N)=O)C(F)(F)F)cc2c(C)ccnc12. The fraction of sp³-hybridized carbons (Fsp3) is 0.258. The van der Waals surface area contributed by atoms with Crippen LogP contribution in [0.4, 0.5) is 17.6 Å². The highest BCUT2D eigenvalue weighted by Gasteiger charge is 2.59. The van der Waals surface area contributed by atoms with Gasteiger partial charge in [0.2, 0.25) is 5.91 Å². The molecule has 3 N–H and O–H groups in total. The van der Waals surface area contributed by atoms with Crippen LogP contribution in [-0.4, -0.2) is 54.5 Å². The maximum absolute atomic E-state index is 15.0. The number of primary amides is 1. The van der Waals surface area contributed by atoms with Crippen molar-refractivity contribution in [3.05, 3.63) is 82.9 Å². The molecule has 0 saturated heterocycles. The van der Waals surface area contributed by atoms with E-state index in [4.69, 9.17) is 15.2 Å². The lowest BCUT2D eigenvalue weighted by atomic mass is 9.78. The fourth-order valence-corrected chi connectivity index (χ4v) is 5.09. The summed E-state index contributed by atoms with van der Waals surface area (Å²) in [6.07, 6.45) is -4.06. The van der Waals surface area contributed by atoms with Gasteiger partial charge in [-0.1, -0.05) is 0 Å². The van der Waals surface area contributed by atoms with E-state index >= 15 is 0 Å². The third-order valence-electron chi connectivity index (χ3n) is 7.94. The molecule has 3 heterocycles. The molecule has 1 aliphatic rings. The summed E-state index contributed by atoms with van der Waals surface area (Å²) in [6, 6.07) is 10.1. The topological polar surface area (TPSA) is 134 Å². The van der Waals surface area contributed by atoms with Crippen molar-refractivity contribution in [2.24, 2.45) is 5.73 Å². The normalized spacial score (nSPS) is 17.3. The van der Waals surface area contributed by atoms with Crippen molar-refractivity contribution in [2.75, 3.05) is 20.3 Å². The summed E-state index contributed by atoms with van der Waals surface area (Å²) >= 11 is 0. The molecule has 2 atom stereocenters. The molecule has 2 aromatic heterocycles. The molecular formula is C31H26F4N4O5. The van der Waals surface area contributed by atoms with Crippen LogP contribution in [0.5, 0.6) is 11.5 Å². The largest absolute Gasteiger partial charge is 0.494 e. The van der Waals surface area contributed by atoms with Crippen LogP contribution in [0.25, 0.3) is 22.2 Å². The Morgan fingerprint density at radius 3 is 2.48 bits per heavy atom. The second-order valence-corrected chi connectivity index (χ2v) is 10.7. The van der Waals surface area contributed by atoms with E-state index in [1.807, 2.05) is 0 Å². The van der Waals surface area contributed by atoms with E-state index < -0.39 is 46.9 Å². The van der Waals surface area contributed by atoms with Crippen molar-refractivity contribution in [2.45, 2.75) is 30.9 Å². The Morgan fingerprint density at radius 2 is 1.86 bits per heavy atom. The number of alkyl halides is 3. The Labute approximate surface area is 248 Å². The van der Waals surface area contributed by atoms with Crippen LogP contribution in [-0.2, 0) is 20.4 Å². The summed E-state index contributed by atoms with van der Waals surface area (Å²) in [5.41, 5.74) is 1.01. The number of hydrogen-bond donors (Lipinski definition) is 2. The van der Waals surface area contributed by atoms with Crippen LogP contribution in [0.1, 0.15) is 34.1 Å². The van der Waals surface area contributed by atoms with E-state index in [1.165, 1.54) is 38.3 Å². The molecule has 2 aromatic carbocycles. The van der Waals surface area contributed by atoms with E-state index in [0.717, 1.165) is 23.8 Å². The number of amides is 2. The van der Waals surface area contributed by atoms with Crippen molar-refractivity contribution < 1.29 is 41.4 Å². The molecule has 2 amide bonds. The highest BCUT2D eigenvalue weighted by atomic mass is 19.4. The highest BCUT2D eigenvalue weighted by molar-refractivity contribution is 6.01. The minimum atomic E-state index is -5.27. The number of ether oxygens (including phenoxy) is 2. The number of pyridine rings is 2. The molecule has 0 radical (unpaired) electrons. The van der Waals surface area contributed by atoms with Crippen LogP contribution in [0.3, 0.4) is 0 Å². The number of aryl methyl sites for hydroxylation is 1. The van der Waals surface area contributed by atoms with E-state index in [-0.39, 0.29) is 46.8 Å². The molecule has 9 nitrogen and oxygen atoms in total. The smallest absolute Gasteiger partial charge is 0.408 e. The average Bonchev–Trinajstić information content (AvgIpc) is 3.34. The van der Waals surface area contributed by atoms with Gasteiger partial charge in [0.05, 0.1) is 12.8 Å². The molecule has 5 rings (SSSR count). The van der Waals surface area contributed by atoms with Crippen LogP contribution in [0.2, 0.25) is 0 Å². The number of nitrogens with two attached hydrogens (primary N) is 1. The van der Waals surface area contributed by atoms with Gasteiger partial charge in [0.1, 0.15) is 46.8 Å². The molecule has 0 spiro atoms. The summed E-state index contributed by atoms with van der Waals surface area (Å²) in [5.74, 6) is -2.22. The molecule has 228 valence electrons. The van der Waals surface area contributed by atoms with Crippen molar-refractivity contribution in [3.8, 4) is 22.8 Å². The summed E-state index contributed by atoms with van der Waals surface area (Å²) in [4.78, 5) is 46.7. The Kier molecular flexibility index (Phi) is 7.52. The van der Waals surface area contributed by atoms with Gasteiger partial charge in [0.25, 0.3) is 5.91 Å². The van der Waals surface area contributed by atoms with E-state index in [9.17, 15) is 31.9 Å². The zero-order valence-electron chi connectivity index (χ0n) is 23.7. The second-order valence-electron chi connectivity index (χ2n) is 10.7. The number of nitrogens with zero attached hydrogens (tertiary/aromatic N) is 2. The van der Waals surface area contributed by atoms with E-state index in [0.29, 0.717) is 10.9 Å². The Bertz CT molecular complexity index is 1810. The maximum atomic E-state index is 15.0. The molecule has 13 heteroatoms. The number of rotatable bonds is 8. The molecule has 1 unspecified atom stereocenters. The minimum Gasteiger partial charge on any atom is -0.494 e. The van der Waals surface area contributed by atoms with Crippen LogP contribution < -0.4 is 20.5 Å². The van der Waals surface area contributed by atoms with Crippen LogP contribution in [0.15, 0.2) is 54.7 Å². The second kappa shape index (κ2) is 10.9. The van der Waals surface area contributed by atoms with Crippen molar-refractivity contribution in [1.29, 1.82) is 0 Å². The number of nitrogens with one attached hydrogen (secondary N) is 1. The summed E-state index contributed by atoms with van der Waals surface area (Å²) in [5, 5.41) is 2.78. The lowest BCUT2D eigenvalue weighted by Crippen LogP contribution is -2.53. The quantitative estimate of drug-likeness (QED) is 0.224. The molecule has 44 heavy (non-hydrogen) atoms. The predicted molar refractivity (Wildman–Crippen MR) is 151 cm³/mol. The van der Waals surface area contributed by atoms with Crippen LogP contribution >= 0.6 is 0 Å². The van der Waals surface area contributed by atoms with E-state index in [1.54, 1.807) is 19.2 Å². The highest BCUT2D eigenvalue weighted by Crippen LogP contribution is 2.48. The van der Waals surface area contributed by atoms with Crippen molar-refractivity contribution in [3.63, 3.8) is 0 Å². The third-order valence-corrected chi connectivity index (χ3v) is 7.94. The number of halogens is 4. The summed E-state index contributed by atoms with van der Waals surface area (Å²) in [7, 11) is 1.36. The zero-order valence-corrected chi connectivity index (χ0v) is 23.7. The molecule has 0 aliphatic carbocycles. The number of aldehydes is 1. The molecule has 4 aromatic rings. The number of benzene rings is 2. The average molecular weight is 611 g/mol. The molecule has 0 fully saturated rings. The van der Waals surface area contributed by atoms with Gasteiger partial charge in [-0.15, -0.1) is 0 Å². The first-order chi connectivity index (χ1) is 20.8. The maximum Gasteiger partial charge on any atom is 0.408 e. The fourth-order valence-electron chi connectivity index (χ4n) is 5.09. The van der Waals surface area contributed by atoms with Gasteiger partial charge >= 0.3 is 6.18 Å². The summed E-state index contributed by atoms with van der Waals surface area (Å²) < 4.78 is 69.6. The molecule has 0 saturated carbocycles. The predicted octanol–water partition coefficient (Wildman–Crippen LogP) is 4.32. The first kappa shape index (κ1) is 30.4. The number of hydrogen-bond acceptors (Lipinski definition) is 7. The number of fused-ring (bicyclic) bond motifs is 2. The van der Waals surface area contributed by atoms with Gasteiger partial charge < -0.3 is 25.3 Å². The van der Waals surface area contributed by atoms with Gasteiger partial charge in [0.15, 0.2) is 5.41 Å². The lowest BCUT2D eigenvalue weighted by Gasteiger charge is -2.31. The molecule has 1 aliphatic heterocycles. The lowest BCUT2D eigenvalue weighted by molar-refractivity contribution is -0.186. The van der Waals surface area contributed by atoms with Gasteiger partial charge in [-0.2, -0.15) is 13.2 Å². The van der Waals surface area contributed by atoms with Gasteiger partial charge in [-0.05, 0) is 67.9 Å². The minimum absolute atomic E-state index is 0.0279. The molecular weight excluding hydrogens is 584 g/mol. The van der Waals surface area contributed by atoms with Gasteiger partial charge in [0, 0.05) is 34.8 Å². The summed E-state index contributed by atoms with van der Waals surface area (Å²) in [6.45, 7) is 1.62. The van der Waals surface area contributed by atoms with Crippen LogP contribution in [0, 0.1) is 12.7 Å². The number of carbonyl (C=O) groups excluding carboxylic acids is 3. The van der Waals surface area contributed by atoms with Crippen molar-refractivity contribution in [1.82, 2.24) is 15.3 Å². The Hall–Kier alpha value is -5.07. The zero-order chi connectivity index (χ0) is 32.0. The number of carbonyl (C=O) groups is 3. The number of aromatic nitrogens is 2. The Morgan fingerprint density at radius 1 is 1.16 bits per heavy atom. The standard InChI is InChI=1S/C31H26F4N4O5/c1-16-8-9-37-25-20(16)10-18(11-22(25)43-3)27(41)38-13-30(14-40,31(33,34)35)23-12-21-26(44-15-29(21,2)28(36)42)24(39-23)17-4-6-19(32)7-5-17/h4-12,14H,13,15H2,1-3H3,(H2,36,42)(H,38,41)/t29-,30?/m0/s1. The molecule has 0 bridgehead atoms. The van der Waals surface area contributed by atoms with Gasteiger partial charge in [-0.3, -0.25) is 14.6 Å². The Balaban J connectivity index is 1.63. The van der Waals surface area contributed by atoms with Gasteiger partial charge in [-0.25, -0.2) is 9.37 Å². The van der Waals surface area contributed by atoms with E-state index in [2.05, 4.69) is 15.3 Å². The first-order valence-electron chi connectivity index (χ1n) is 13.2. The monoisotopic (exact) mass is 610 g/mol. The van der Waals surface area contributed by atoms with Crippen molar-refractivity contribution >= 4 is 29.0 Å².